The number of hydrogen-bond donors (Lipinski definition) is 1. The Hall–Kier alpha value is -0.300. The molecule has 1 atom stereocenters. The van der Waals surface area contributed by atoms with Crippen molar-refractivity contribution in [2.24, 2.45) is 11.7 Å². The van der Waals surface area contributed by atoms with E-state index in [0.29, 0.717) is 0 Å². The SMILES string of the molecule is C=C[C@@H](N)C1CCC1. The second kappa shape index (κ2) is 2.31. The molecule has 8 heavy (non-hydrogen) atoms. The van der Waals surface area contributed by atoms with Crippen molar-refractivity contribution >= 4 is 0 Å². The standard InChI is InChI=1S/C7H13N/c1-2-7(8)6-4-3-5-6/h2,6-7H,1,3-5,8H2/t7-/m1/s1. The minimum absolute atomic E-state index is 0.267. The van der Waals surface area contributed by atoms with E-state index >= 15 is 0 Å². The molecule has 0 aliphatic heterocycles. The molecule has 0 heterocycles. The summed E-state index contributed by atoms with van der Waals surface area (Å²) in [7, 11) is 0. The molecule has 0 aromatic rings. The maximum atomic E-state index is 5.66. The van der Waals surface area contributed by atoms with Crippen LogP contribution >= 0.6 is 0 Å². The summed E-state index contributed by atoms with van der Waals surface area (Å²) in [6, 6.07) is 0.267. The summed E-state index contributed by atoms with van der Waals surface area (Å²) >= 11 is 0. The maximum absolute atomic E-state index is 5.66. The molecule has 0 unspecified atom stereocenters. The number of hydrogen-bond acceptors (Lipinski definition) is 1. The summed E-state index contributed by atoms with van der Waals surface area (Å²) in [6.07, 6.45) is 5.84. The summed E-state index contributed by atoms with van der Waals surface area (Å²) in [6.45, 7) is 3.64. The van der Waals surface area contributed by atoms with Crippen molar-refractivity contribution in [1.82, 2.24) is 0 Å². The van der Waals surface area contributed by atoms with Gasteiger partial charge >= 0.3 is 0 Å². The largest absolute Gasteiger partial charge is 0.324 e. The first kappa shape index (κ1) is 5.83. The summed E-state index contributed by atoms with van der Waals surface area (Å²) < 4.78 is 0. The lowest BCUT2D eigenvalue weighted by Gasteiger charge is -2.28. The Labute approximate surface area is 50.6 Å². The van der Waals surface area contributed by atoms with Gasteiger partial charge in [-0.2, -0.15) is 0 Å². The van der Waals surface area contributed by atoms with Gasteiger partial charge in [0.1, 0.15) is 0 Å². The van der Waals surface area contributed by atoms with Crippen LogP contribution in [-0.2, 0) is 0 Å². The van der Waals surface area contributed by atoms with Crippen LogP contribution < -0.4 is 5.73 Å². The molecule has 2 N–H and O–H groups in total. The first-order valence-corrected chi connectivity index (χ1v) is 3.22. The Kier molecular flexibility index (Phi) is 1.69. The molecule has 1 heteroatoms. The van der Waals surface area contributed by atoms with Crippen LogP contribution in [0.5, 0.6) is 0 Å². The minimum atomic E-state index is 0.267. The molecule has 0 aromatic carbocycles. The summed E-state index contributed by atoms with van der Waals surface area (Å²) in [5, 5.41) is 0. The van der Waals surface area contributed by atoms with Gasteiger partial charge in [-0.15, -0.1) is 6.58 Å². The molecule has 1 fully saturated rings. The van der Waals surface area contributed by atoms with E-state index in [9.17, 15) is 0 Å². The first-order valence-electron chi connectivity index (χ1n) is 3.22. The van der Waals surface area contributed by atoms with E-state index in [1.54, 1.807) is 0 Å². The molecule has 1 saturated carbocycles. The van der Waals surface area contributed by atoms with Gasteiger partial charge in [-0.1, -0.05) is 12.5 Å². The fourth-order valence-electron chi connectivity index (χ4n) is 1.02. The van der Waals surface area contributed by atoms with Gasteiger partial charge < -0.3 is 5.73 Å². The molecular formula is C7H13N. The highest BCUT2D eigenvalue weighted by molar-refractivity contribution is 4.91. The Morgan fingerprint density at radius 1 is 1.62 bits per heavy atom. The van der Waals surface area contributed by atoms with Crippen LogP contribution in [-0.4, -0.2) is 6.04 Å². The van der Waals surface area contributed by atoms with Gasteiger partial charge in [0, 0.05) is 6.04 Å². The smallest absolute Gasteiger partial charge is 0.0249 e. The monoisotopic (exact) mass is 111 g/mol. The van der Waals surface area contributed by atoms with E-state index < -0.39 is 0 Å². The van der Waals surface area contributed by atoms with Crippen molar-refractivity contribution in [1.29, 1.82) is 0 Å². The molecule has 0 spiro atoms. The normalized spacial score (nSPS) is 24.1. The zero-order chi connectivity index (χ0) is 5.98. The van der Waals surface area contributed by atoms with Crippen molar-refractivity contribution in [2.45, 2.75) is 25.3 Å². The molecule has 0 amide bonds. The first-order chi connectivity index (χ1) is 3.84. The molecule has 0 bridgehead atoms. The fraction of sp³-hybridized carbons (Fsp3) is 0.714. The number of rotatable bonds is 2. The highest BCUT2D eigenvalue weighted by Crippen LogP contribution is 2.28. The van der Waals surface area contributed by atoms with Crippen molar-refractivity contribution < 1.29 is 0 Å². The maximum Gasteiger partial charge on any atom is 0.0249 e. The second-order valence-corrected chi connectivity index (χ2v) is 2.50. The average molecular weight is 111 g/mol. The van der Waals surface area contributed by atoms with Crippen LogP contribution in [0.3, 0.4) is 0 Å². The van der Waals surface area contributed by atoms with E-state index in [0.717, 1.165) is 5.92 Å². The molecule has 1 nitrogen and oxygen atoms in total. The molecule has 0 radical (unpaired) electrons. The molecular weight excluding hydrogens is 98.1 g/mol. The molecule has 0 aromatic heterocycles. The predicted octanol–water partition coefficient (Wildman–Crippen LogP) is 1.30. The zero-order valence-corrected chi connectivity index (χ0v) is 5.14. The third kappa shape index (κ3) is 0.920. The van der Waals surface area contributed by atoms with Gasteiger partial charge in [0.25, 0.3) is 0 Å². The fourth-order valence-corrected chi connectivity index (χ4v) is 1.02. The Bertz CT molecular complexity index is 84.4. The van der Waals surface area contributed by atoms with Crippen molar-refractivity contribution in [3.8, 4) is 0 Å². The van der Waals surface area contributed by atoms with Crippen LogP contribution in [0, 0.1) is 5.92 Å². The second-order valence-electron chi connectivity index (χ2n) is 2.50. The molecule has 1 rings (SSSR count). The van der Waals surface area contributed by atoms with Gasteiger partial charge in [0.15, 0.2) is 0 Å². The summed E-state index contributed by atoms with van der Waals surface area (Å²) in [4.78, 5) is 0. The van der Waals surface area contributed by atoms with Crippen LogP contribution in [0.15, 0.2) is 12.7 Å². The molecule has 1 aliphatic carbocycles. The lowest BCUT2D eigenvalue weighted by Crippen LogP contribution is -2.32. The van der Waals surface area contributed by atoms with Crippen molar-refractivity contribution in [2.75, 3.05) is 0 Å². The van der Waals surface area contributed by atoms with Crippen LogP contribution in [0.25, 0.3) is 0 Å². The third-order valence-corrected chi connectivity index (χ3v) is 1.97. The van der Waals surface area contributed by atoms with Crippen LogP contribution in [0.1, 0.15) is 19.3 Å². The van der Waals surface area contributed by atoms with E-state index in [1.807, 2.05) is 6.08 Å². The van der Waals surface area contributed by atoms with Crippen molar-refractivity contribution in [3.63, 3.8) is 0 Å². The Balaban J connectivity index is 2.22. The molecule has 46 valence electrons. The topological polar surface area (TPSA) is 26.0 Å². The van der Waals surface area contributed by atoms with Gasteiger partial charge in [-0.3, -0.25) is 0 Å². The van der Waals surface area contributed by atoms with Gasteiger partial charge in [0.05, 0.1) is 0 Å². The van der Waals surface area contributed by atoms with Crippen LogP contribution in [0.4, 0.5) is 0 Å². The minimum Gasteiger partial charge on any atom is -0.324 e. The van der Waals surface area contributed by atoms with Gasteiger partial charge in [-0.05, 0) is 18.8 Å². The average Bonchev–Trinajstić information content (AvgIpc) is 1.62. The van der Waals surface area contributed by atoms with E-state index in [4.69, 9.17) is 5.73 Å². The highest BCUT2D eigenvalue weighted by Gasteiger charge is 2.21. The quantitative estimate of drug-likeness (QED) is 0.534. The molecule has 1 aliphatic rings. The summed E-state index contributed by atoms with van der Waals surface area (Å²) in [5.41, 5.74) is 5.66. The van der Waals surface area contributed by atoms with E-state index in [1.165, 1.54) is 19.3 Å². The van der Waals surface area contributed by atoms with E-state index in [-0.39, 0.29) is 6.04 Å². The van der Waals surface area contributed by atoms with Crippen LogP contribution in [0.2, 0.25) is 0 Å². The Morgan fingerprint density at radius 2 is 2.25 bits per heavy atom. The predicted molar refractivity (Wildman–Crippen MR) is 35.5 cm³/mol. The van der Waals surface area contributed by atoms with Gasteiger partial charge in [0.2, 0.25) is 0 Å². The zero-order valence-electron chi connectivity index (χ0n) is 5.14. The Morgan fingerprint density at radius 3 is 2.38 bits per heavy atom. The third-order valence-electron chi connectivity index (χ3n) is 1.97. The van der Waals surface area contributed by atoms with Crippen molar-refractivity contribution in [3.05, 3.63) is 12.7 Å². The lowest BCUT2D eigenvalue weighted by atomic mass is 9.80. The van der Waals surface area contributed by atoms with Gasteiger partial charge in [-0.25, -0.2) is 0 Å². The van der Waals surface area contributed by atoms with E-state index in [2.05, 4.69) is 6.58 Å². The lowest BCUT2D eigenvalue weighted by molar-refractivity contribution is 0.289. The molecule has 0 saturated heterocycles. The highest BCUT2D eigenvalue weighted by atomic mass is 14.6. The summed E-state index contributed by atoms with van der Waals surface area (Å²) in [5.74, 6) is 0.757. The number of nitrogens with two attached hydrogens (primary N) is 1.